The standard InChI is InChI=1S/C17H18N2O2/c1-18-17(20)16-12-19(11-13-7-3-2-4-8-13)14-9-5-6-10-15(14)21-16/h2-10,16H,11-12H2,1H3,(H,18,20)/t16-/m1/s1. The second-order valence-corrected chi connectivity index (χ2v) is 5.05. The lowest BCUT2D eigenvalue weighted by Gasteiger charge is -2.35. The van der Waals surface area contributed by atoms with E-state index in [0.717, 1.165) is 18.0 Å². The molecule has 21 heavy (non-hydrogen) atoms. The molecule has 0 aromatic heterocycles. The van der Waals surface area contributed by atoms with Crippen molar-refractivity contribution in [1.82, 2.24) is 5.32 Å². The molecule has 0 saturated heterocycles. The van der Waals surface area contributed by atoms with E-state index in [1.807, 2.05) is 42.5 Å². The van der Waals surface area contributed by atoms with Gasteiger partial charge in [0, 0.05) is 13.6 Å². The Balaban J connectivity index is 1.89. The van der Waals surface area contributed by atoms with Gasteiger partial charge in [0.15, 0.2) is 6.10 Å². The van der Waals surface area contributed by atoms with Crippen LogP contribution in [0.25, 0.3) is 0 Å². The summed E-state index contributed by atoms with van der Waals surface area (Å²) in [6.07, 6.45) is -0.478. The second-order valence-electron chi connectivity index (χ2n) is 5.05. The molecule has 108 valence electrons. The average molecular weight is 282 g/mol. The highest BCUT2D eigenvalue weighted by Crippen LogP contribution is 2.34. The number of ether oxygens (including phenoxy) is 1. The molecule has 0 radical (unpaired) electrons. The second kappa shape index (κ2) is 5.87. The third-order valence-corrected chi connectivity index (χ3v) is 3.62. The lowest BCUT2D eigenvalue weighted by atomic mass is 10.1. The molecule has 0 saturated carbocycles. The van der Waals surface area contributed by atoms with E-state index < -0.39 is 6.10 Å². The van der Waals surface area contributed by atoms with Gasteiger partial charge in [0.1, 0.15) is 5.75 Å². The average Bonchev–Trinajstić information content (AvgIpc) is 2.55. The zero-order chi connectivity index (χ0) is 14.7. The number of nitrogens with one attached hydrogen (secondary N) is 1. The molecule has 1 amide bonds. The van der Waals surface area contributed by atoms with Crippen LogP contribution in [0.3, 0.4) is 0 Å². The maximum atomic E-state index is 11.9. The number of fused-ring (bicyclic) bond motifs is 1. The molecule has 1 atom stereocenters. The van der Waals surface area contributed by atoms with Crippen molar-refractivity contribution < 1.29 is 9.53 Å². The maximum Gasteiger partial charge on any atom is 0.262 e. The smallest absolute Gasteiger partial charge is 0.262 e. The molecular weight excluding hydrogens is 264 g/mol. The summed E-state index contributed by atoms with van der Waals surface area (Å²) in [5.41, 5.74) is 2.24. The third kappa shape index (κ3) is 2.84. The molecular formula is C17H18N2O2. The van der Waals surface area contributed by atoms with Crippen molar-refractivity contribution in [2.24, 2.45) is 0 Å². The number of hydrogen-bond acceptors (Lipinski definition) is 3. The fourth-order valence-corrected chi connectivity index (χ4v) is 2.56. The molecule has 1 aliphatic rings. The zero-order valence-electron chi connectivity index (χ0n) is 12.0. The Morgan fingerprint density at radius 3 is 2.67 bits per heavy atom. The van der Waals surface area contributed by atoms with Gasteiger partial charge in [-0.2, -0.15) is 0 Å². The van der Waals surface area contributed by atoms with Gasteiger partial charge < -0.3 is 15.0 Å². The number of benzene rings is 2. The summed E-state index contributed by atoms with van der Waals surface area (Å²) < 4.78 is 5.80. The molecule has 1 N–H and O–H groups in total. The Morgan fingerprint density at radius 2 is 1.90 bits per heavy atom. The summed E-state index contributed by atoms with van der Waals surface area (Å²) in [5, 5.41) is 2.66. The van der Waals surface area contributed by atoms with Crippen molar-refractivity contribution in [2.75, 3.05) is 18.5 Å². The van der Waals surface area contributed by atoms with Crippen LogP contribution in [0.1, 0.15) is 5.56 Å². The summed E-state index contributed by atoms with van der Waals surface area (Å²) in [6, 6.07) is 18.1. The molecule has 0 unspecified atom stereocenters. The number of nitrogens with zero attached hydrogens (tertiary/aromatic N) is 1. The predicted molar refractivity (Wildman–Crippen MR) is 82.4 cm³/mol. The summed E-state index contributed by atoms with van der Waals surface area (Å²) in [6.45, 7) is 1.31. The number of likely N-dealkylation sites (N-methyl/N-ethyl adjacent to an activating group) is 1. The topological polar surface area (TPSA) is 41.6 Å². The fourth-order valence-electron chi connectivity index (χ4n) is 2.56. The van der Waals surface area contributed by atoms with E-state index in [2.05, 4.69) is 22.3 Å². The van der Waals surface area contributed by atoms with Crippen molar-refractivity contribution >= 4 is 11.6 Å². The van der Waals surface area contributed by atoms with Crippen LogP contribution in [-0.2, 0) is 11.3 Å². The SMILES string of the molecule is CNC(=O)[C@H]1CN(Cc2ccccc2)c2ccccc2O1. The Hall–Kier alpha value is -2.49. The number of carbonyl (C=O) groups is 1. The molecule has 4 nitrogen and oxygen atoms in total. The number of carbonyl (C=O) groups excluding carboxylic acids is 1. The first-order valence-electron chi connectivity index (χ1n) is 7.04. The molecule has 0 bridgehead atoms. The van der Waals surface area contributed by atoms with Crippen molar-refractivity contribution in [2.45, 2.75) is 12.6 Å². The van der Waals surface area contributed by atoms with Crippen molar-refractivity contribution in [3.8, 4) is 5.75 Å². The molecule has 1 heterocycles. The summed E-state index contributed by atoms with van der Waals surface area (Å²) in [5.74, 6) is 0.663. The van der Waals surface area contributed by atoms with Gasteiger partial charge in [-0.3, -0.25) is 4.79 Å². The first kappa shape index (κ1) is 13.5. The summed E-state index contributed by atoms with van der Waals surface area (Å²) in [4.78, 5) is 14.1. The van der Waals surface area contributed by atoms with E-state index in [0.29, 0.717) is 6.54 Å². The fraction of sp³-hybridized carbons (Fsp3) is 0.235. The number of rotatable bonds is 3. The van der Waals surface area contributed by atoms with Gasteiger partial charge in [0.25, 0.3) is 5.91 Å². The van der Waals surface area contributed by atoms with Gasteiger partial charge >= 0.3 is 0 Å². The molecule has 0 aliphatic carbocycles. The Kier molecular flexibility index (Phi) is 3.77. The van der Waals surface area contributed by atoms with E-state index in [1.165, 1.54) is 5.56 Å². The molecule has 1 aliphatic heterocycles. The van der Waals surface area contributed by atoms with E-state index in [9.17, 15) is 4.79 Å². The largest absolute Gasteiger partial charge is 0.477 e. The molecule has 4 heteroatoms. The van der Waals surface area contributed by atoms with Gasteiger partial charge in [-0.05, 0) is 17.7 Å². The zero-order valence-corrected chi connectivity index (χ0v) is 12.0. The van der Waals surface area contributed by atoms with Gasteiger partial charge in [0.2, 0.25) is 0 Å². The monoisotopic (exact) mass is 282 g/mol. The number of anilines is 1. The lowest BCUT2D eigenvalue weighted by molar-refractivity contribution is -0.127. The van der Waals surface area contributed by atoms with Crippen LogP contribution in [0.4, 0.5) is 5.69 Å². The summed E-state index contributed by atoms with van der Waals surface area (Å²) >= 11 is 0. The van der Waals surface area contributed by atoms with Crippen LogP contribution in [-0.4, -0.2) is 25.6 Å². The lowest BCUT2D eigenvalue weighted by Crippen LogP contribution is -2.47. The predicted octanol–water partition coefficient (Wildman–Crippen LogP) is 2.20. The minimum Gasteiger partial charge on any atom is -0.477 e. The molecule has 2 aromatic carbocycles. The highest BCUT2D eigenvalue weighted by Gasteiger charge is 2.29. The van der Waals surface area contributed by atoms with Gasteiger partial charge in [-0.15, -0.1) is 0 Å². The molecule has 0 spiro atoms. The molecule has 2 aromatic rings. The van der Waals surface area contributed by atoms with Gasteiger partial charge in [-0.25, -0.2) is 0 Å². The molecule has 0 fully saturated rings. The number of para-hydroxylation sites is 2. The van der Waals surface area contributed by atoms with Crippen LogP contribution < -0.4 is 15.0 Å². The quantitative estimate of drug-likeness (QED) is 0.938. The highest BCUT2D eigenvalue weighted by atomic mass is 16.5. The van der Waals surface area contributed by atoms with E-state index in [-0.39, 0.29) is 5.91 Å². The Labute approximate surface area is 124 Å². The van der Waals surface area contributed by atoms with E-state index >= 15 is 0 Å². The number of hydrogen-bond donors (Lipinski definition) is 1. The van der Waals surface area contributed by atoms with Crippen LogP contribution >= 0.6 is 0 Å². The van der Waals surface area contributed by atoms with E-state index in [4.69, 9.17) is 4.74 Å². The normalized spacial score (nSPS) is 16.8. The van der Waals surface area contributed by atoms with Crippen LogP contribution in [0.15, 0.2) is 54.6 Å². The minimum atomic E-state index is -0.478. The first-order valence-corrected chi connectivity index (χ1v) is 7.04. The number of amides is 1. The molecule has 3 rings (SSSR count). The minimum absolute atomic E-state index is 0.0948. The van der Waals surface area contributed by atoms with Crippen LogP contribution in [0.2, 0.25) is 0 Å². The third-order valence-electron chi connectivity index (χ3n) is 3.62. The first-order chi connectivity index (χ1) is 10.3. The van der Waals surface area contributed by atoms with Gasteiger partial charge in [0.05, 0.1) is 12.2 Å². The Morgan fingerprint density at radius 1 is 1.19 bits per heavy atom. The van der Waals surface area contributed by atoms with Crippen molar-refractivity contribution in [3.63, 3.8) is 0 Å². The maximum absolute atomic E-state index is 11.9. The van der Waals surface area contributed by atoms with Gasteiger partial charge in [-0.1, -0.05) is 42.5 Å². The van der Waals surface area contributed by atoms with Crippen LogP contribution in [0, 0.1) is 0 Å². The Bertz CT molecular complexity index is 628. The van der Waals surface area contributed by atoms with E-state index in [1.54, 1.807) is 7.05 Å². The highest BCUT2D eigenvalue weighted by molar-refractivity contribution is 5.83. The van der Waals surface area contributed by atoms with Crippen molar-refractivity contribution in [3.05, 3.63) is 60.2 Å². The summed E-state index contributed by atoms with van der Waals surface area (Å²) in [7, 11) is 1.63. The van der Waals surface area contributed by atoms with Crippen LogP contribution in [0.5, 0.6) is 5.75 Å². The van der Waals surface area contributed by atoms with Crippen molar-refractivity contribution in [1.29, 1.82) is 0 Å².